The van der Waals surface area contributed by atoms with E-state index in [0.29, 0.717) is 47.5 Å². The summed E-state index contributed by atoms with van der Waals surface area (Å²) < 4.78 is 52.6. The van der Waals surface area contributed by atoms with Crippen molar-refractivity contribution in [3.05, 3.63) is 47.0 Å². The van der Waals surface area contributed by atoms with Crippen molar-refractivity contribution in [3.63, 3.8) is 0 Å². The van der Waals surface area contributed by atoms with Crippen LogP contribution in [0.1, 0.15) is 56.9 Å². The number of amides is 1. The Hall–Kier alpha value is -2.94. The molecule has 0 radical (unpaired) electrons. The molecule has 1 amide bonds. The summed E-state index contributed by atoms with van der Waals surface area (Å²) >= 11 is 0. The van der Waals surface area contributed by atoms with E-state index in [0.717, 1.165) is 5.56 Å². The SMILES string of the molecule is CCC(O)c1c(CNC(=O)OC(C)(C)C)cc(-c2ccc(OC(F)(F)F)cc2)c2c1CCO2. The second-order valence-electron chi connectivity index (χ2n) is 8.75. The van der Waals surface area contributed by atoms with E-state index in [4.69, 9.17) is 9.47 Å². The van der Waals surface area contributed by atoms with Crippen molar-refractivity contribution in [2.45, 2.75) is 65.1 Å². The Morgan fingerprint density at radius 2 is 1.88 bits per heavy atom. The third kappa shape index (κ3) is 6.31. The van der Waals surface area contributed by atoms with Gasteiger partial charge in [0.15, 0.2) is 0 Å². The van der Waals surface area contributed by atoms with E-state index in [9.17, 15) is 23.1 Å². The fraction of sp³-hybridized carbons (Fsp3) is 0.458. The summed E-state index contributed by atoms with van der Waals surface area (Å²) in [6.45, 7) is 7.66. The number of fused-ring (bicyclic) bond motifs is 1. The van der Waals surface area contributed by atoms with Crippen LogP contribution in [-0.4, -0.2) is 29.8 Å². The Morgan fingerprint density at radius 3 is 2.45 bits per heavy atom. The van der Waals surface area contributed by atoms with Crippen LogP contribution in [0.5, 0.6) is 11.5 Å². The molecule has 1 aliphatic heterocycles. The normalized spacial score (nSPS) is 14.3. The first-order chi connectivity index (χ1) is 15.4. The average Bonchev–Trinajstić information content (AvgIpc) is 3.18. The molecule has 2 N–H and O–H groups in total. The highest BCUT2D eigenvalue weighted by Crippen LogP contribution is 2.43. The zero-order chi connectivity index (χ0) is 24.4. The quantitative estimate of drug-likeness (QED) is 0.574. The van der Waals surface area contributed by atoms with Crippen LogP contribution in [0, 0.1) is 0 Å². The number of benzene rings is 2. The van der Waals surface area contributed by atoms with E-state index in [2.05, 4.69) is 10.1 Å². The van der Waals surface area contributed by atoms with Gasteiger partial charge in [-0.15, -0.1) is 13.2 Å². The average molecular weight is 467 g/mol. The second-order valence-corrected chi connectivity index (χ2v) is 8.75. The van der Waals surface area contributed by atoms with E-state index in [1.54, 1.807) is 26.8 Å². The molecule has 0 aliphatic carbocycles. The molecule has 0 aromatic heterocycles. The van der Waals surface area contributed by atoms with Gasteiger partial charge in [0, 0.05) is 24.1 Å². The number of alkyl halides is 3. The van der Waals surface area contributed by atoms with Gasteiger partial charge in [-0.05, 0) is 62.1 Å². The first kappa shape index (κ1) is 24.7. The molecule has 1 unspecified atom stereocenters. The molecule has 0 saturated heterocycles. The van der Waals surface area contributed by atoms with Gasteiger partial charge in [0.05, 0.1) is 12.7 Å². The van der Waals surface area contributed by atoms with Crippen molar-refractivity contribution < 1.29 is 37.3 Å². The van der Waals surface area contributed by atoms with Crippen molar-refractivity contribution >= 4 is 6.09 Å². The van der Waals surface area contributed by atoms with E-state index in [-0.39, 0.29) is 12.3 Å². The second kappa shape index (κ2) is 9.51. The molecule has 2 aromatic carbocycles. The number of aliphatic hydroxyl groups is 1. The first-order valence-corrected chi connectivity index (χ1v) is 10.7. The van der Waals surface area contributed by atoms with Crippen LogP contribution in [0.3, 0.4) is 0 Å². The number of aliphatic hydroxyl groups excluding tert-OH is 1. The first-order valence-electron chi connectivity index (χ1n) is 10.7. The van der Waals surface area contributed by atoms with Crippen LogP contribution >= 0.6 is 0 Å². The zero-order valence-electron chi connectivity index (χ0n) is 19.0. The molecule has 180 valence electrons. The maximum Gasteiger partial charge on any atom is 0.573 e. The molecule has 3 rings (SSSR count). The standard InChI is InChI=1S/C24H28F3NO5/c1-5-19(29)20-15(13-28-22(30)33-23(2,3)4)12-18(21-17(20)10-11-31-21)14-6-8-16(9-7-14)32-24(25,26)27/h6-9,12,19,29H,5,10-11,13H2,1-4H3,(H,28,30). The smallest absolute Gasteiger partial charge is 0.492 e. The Bertz CT molecular complexity index is 997. The minimum atomic E-state index is -4.77. The fourth-order valence-corrected chi connectivity index (χ4v) is 3.76. The Morgan fingerprint density at radius 1 is 1.21 bits per heavy atom. The molecule has 0 spiro atoms. The van der Waals surface area contributed by atoms with Crippen molar-refractivity contribution in [2.24, 2.45) is 0 Å². The third-order valence-electron chi connectivity index (χ3n) is 5.05. The number of hydrogen-bond acceptors (Lipinski definition) is 5. The van der Waals surface area contributed by atoms with Gasteiger partial charge in [-0.3, -0.25) is 0 Å². The number of hydrogen-bond donors (Lipinski definition) is 2. The molecule has 6 nitrogen and oxygen atoms in total. The van der Waals surface area contributed by atoms with Gasteiger partial charge in [-0.2, -0.15) is 0 Å². The highest BCUT2D eigenvalue weighted by Gasteiger charge is 2.31. The summed E-state index contributed by atoms with van der Waals surface area (Å²) in [6.07, 6.45) is -5.08. The lowest BCUT2D eigenvalue weighted by Crippen LogP contribution is -2.32. The highest BCUT2D eigenvalue weighted by atomic mass is 19.4. The molecule has 2 aromatic rings. The van der Waals surface area contributed by atoms with Gasteiger partial charge >= 0.3 is 12.5 Å². The van der Waals surface area contributed by atoms with Gasteiger partial charge in [0.2, 0.25) is 0 Å². The molecule has 0 bridgehead atoms. The third-order valence-corrected chi connectivity index (χ3v) is 5.05. The van der Waals surface area contributed by atoms with Crippen LogP contribution in [-0.2, 0) is 17.7 Å². The van der Waals surface area contributed by atoms with Crippen molar-refractivity contribution in [1.82, 2.24) is 5.32 Å². The number of ether oxygens (including phenoxy) is 3. The Balaban J connectivity index is 1.99. The molecule has 0 saturated carbocycles. The van der Waals surface area contributed by atoms with Gasteiger partial charge < -0.3 is 24.6 Å². The van der Waals surface area contributed by atoms with Crippen LogP contribution in [0.2, 0.25) is 0 Å². The maximum atomic E-state index is 12.5. The topological polar surface area (TPSA) is 77.0 Å². The summed E-state index contributed by atoms with van der Waals surface area (Å²) in [6, 6.07) is 7.28. The number of nitrogens with one attached hydrogen (secondary N) is 1. The fourth-order valence-electron chi connectivity index (χ4n) is 3.76. The van der Waals surface area contributed by atoms with Crippen LogP contribution in [0.25, 0.3) is 11.1 Å². The summed E-state index contributed by atoms with van der Waals surface area (Å²) in [7, 11) is 0. The Kier molecular flexibility index (Phi) is 7.11. The predicted octanol–water partition coefficient (Wildman–Crippen LogP) is 5.66. The zero-order valence-corrected chi connectivity index (χ0v) is 19.0. The molecule has 0 fully saturated rings. The van der Waals surface area contributed by atoms with Gasteiger partial charge in [0.1, 0.15) is 17.1 Å². The monoisotopic (exact) mass is 467 g/mol. The molecule has 1 atom stereocenters. The van der Waals surface area contributed by atoms with Crippen LogP contribution in [0.15, 0.2) is 30.3 Å². The maximum absolute atomic E-state index is 12.5. The van der Waals surface area contributed by atoms with Crippen LogP contribution < -0.4 is 14.8 Å². The lowest BCUT2D eigenvalue weighted by atomic mass is 9.89. The lowest BCUT2D eigenvalue weighted by molar-refractivity contribution is -0.274. The minimum absolute atomic E-state index is 0.108. The van der Waals surface area contributed by atoms with E-state index >= 15 is 0 Å². The minimum Gasteiger partial charge on any atom is -0.492 e. The molecule has 9 heteroatoms. The van der Waals surface area contributed by atoms with Gasteiger partial charge in [-0.1, -0.05) is 19.1 Å². The number of rotatable bonds is 6. The molecule has 33 heavy (non-hydrogen) atoms. The van der Waals surface area contributed by atoms with Crippen molar-refractivity contribution in [3.8, 4) is 22.6 Å². The van der Waals surface area contributed by atoms with Gasteiger partial charge in [-0.25, -0.2) is 4.79 Å². The number of alkyl carbamates (subject to hydrolysis) is 1. The van der Waals surface area contributed by atoms with Crippen LogP contribution in [0.4, 0.5) is 18.0 Å². The molecule has 1 aliphatic rings. The van der Waals surface area contributed by atoms with E-state index < -0.39 is 24.2 Å². The Labute approximate surface area is 190 Å². The van der Waals surface area contributed by atoms with E-state index in [1.807, 2.05) is 6.92 Å². The predicted molar refractivity (Wildman–Crippen MR) is 116 cm³/mol. The number of carbonyl (C=O) groups excluding carboxylic acids is 1. The molecular weight excluding hydrogens is 439 g/mol. The highest BCUT2D eigenvalue weighted by molar-refractivity contribution is 5.76. The van der Waals surface area contributed by atoms with Crippen molar-refractivity contribution in [1.29, 1.82) is 0 Å². The van der Waals surface area contributed by atoms with Crippen molar-refractivity contribution in [2.75, 3.05) is 6.61 Å². The molecular formula is C24H28F3NO5. The number of carbonyl (C=O) groups is 1. The van der Waals surface area contributed by atoms with E-state index in [1.165, 1.54) is 24.3 Å². The summed E-state index contributed by atoms with van der Waals surface area (Å²) in [5, 5.41) is 13.4. The lowest BCUT2D eigenvalue weighted by Gasteiger charge is -2.23. The molecule has 1 heterocycles. The summed E-state index contributed by atoms with van der Waals surface area (Å²) in [5.41, 5.74) is 2.84. The largest absolute Gasteiger partial charge is 0.573 e. The number of halogens is 3. The van der Waals surface area contributed by atoms with Gasteiger partial charge in [0.25, 0.3) is 0 Å². The summed E-state index contributed by atoms with van der Waals surface area (Å²) in [4.78, 5) is 12.2. The summed E-state index contributed by atoms with van der Waals surface area (Å²) in [5.74, 6) is 0.261.